The zero-order valence-electron chi connectivity index (χ0n) is 12.2. The fraction of sp³-hybridized carbons (Fsp3) is 0.375. The SMILES string of the molecule is Cc1cc(F)nc(N2CC(COc3ccccc3C)C2)n1. The number of anilines is 1. The zero-order valence-corrected chi connectivity index (χ0v) is 12.2. The van der Waals surface area contributed by atoms with Gasteiger partial charge in [-0.15, -0.1) is 0 Å². The van der Waals surface area contributed by atoms with Crippen LogP contribution in [0.1, 0.15) is 11.3 Å². The second kappa shape index (κ2) is 5.68. The van der Waals surface area contributed by atoms with Crippen LogP contribution in [0.5, 0.6) is 5.75 Å². The third-order valence-corrected chi connectivity index (χ3v) is 3.62. The number of halogens is 1. The van der Waals surface area contributed by atoms with E-state index < -0.39 is 5.95 Å². The Morgan fingerprint density at radius 3 is 2.71 bits per heavy atom. The largest absolute Gasteiger partial charge is 0.493 e. The van der Waals surface area contributed by atoms with Crippen molar-refractivity contribution < 1.29 is 9.13 Å². The molecule has 0 aliphatic carbocycles. The molecule has 0 N–H and O–H groups in total. The molecule has 21 heavy (non-hydrogen) atoms. The first kappa shape index (κ1) is 13.8. The van der Waals surface area contributed by atoms with E-state index in [1.807, 2.05) is 36.1 Å². The molecule has 1 aromatic heterocycles. The quantitative estimate of drug-likeness (QED) is 0.810. The number of nitrogens with zero attached hydrogens (tertiary/aromatic N) is 3. The van der Waals surface area contributed by atoms with Crippen molar-refractivity contribution in [3.05, 3.63) is 47.5 Å². The summed E-state index contributed by atoms with van der Waals surface area (Å²) in [6.07, 6.45) is 0. The van der Waals surface area contributed by atoms with Crippen molar-refractivity contribution in [2.24, 2.45) is 5.92 Å². The van der Waals surface area contributed by atoms with Gasteiger partial charge in [0.2, 0.25) is 11.9 Å². The highest BCUT2D eigenvalue weighted by Gasteiger charge is 2.29. The smallest absolute Gasteiger partial charge is 0.228 e. The van der Waals surface area contributed by atoms with E-state index in [1.54, 1.807) is 6.92 Å². The molecule has 2 aromatic rings. The van der Waals surface area contributed by atoms with Crippen molar-refractivity contribution in [1.82, 2.24) is 9.97 Å². The van der Waals surface area contributed by atoms with Gasteiger partial charge in [0.15, 0.2) is 0 Å². The number of aryl methyl sites for hydroxylation is 2. The number of para-hydroxylation sites is 1. The molecule has 0 saturated carbocycles. The molecule has 2 heterocycles. The van der Waals surface area contributed by atoms with Crippen molar-refractivity contribution in [2.75, 3.05) is 24.6 Å². The lowest BCUT2D eigenvalue weighted by Gasteiger charge is -2.39. The Morgan fingerprint density at radius 2 is 2.00 bits per heavy atom. The van der Waals surface area contributed by atoms with Crippen LogP contribution in [0.2, 0.25) is 0 Å². The van der Waals surface area contributed by atoms with Gasteiger partial charge >= 0.3 is 0 Å². The van der Waals surface area contributed by atoms with Crippen molar-refractivity contribution >= 4 is 5.95 Å². The van der Waals surface area contributed by atoms with Gasteiger partial charge in [0.25, 0.3) is 0 Å². The van der Waals surface area contributed by atoms with E-state index in [4.69, 9.17) is 4.74 Å². The second-order valence-corrected chi connectivity index (χ2v) is 5.48. The Hall–Kier alpha value is -2.17. The molecule has 3 rings (SSSR count). The number of aromatic nitrogens is 2. The van der Waals surface area contributed by atoms with E-state index >= 15 is 0 Å². The lowest BCUT2D eigenvalue weighted by Crippen LogP contribution is -2.50. The number of hydrogen-bond acceptors (Lipinski definition) is 4. The summed E-state index contributed by atoms with van der Waals surface area (Å²) in [6.45, 7) is 6.07. The minimum atomic E-state index is -0.475. The lowest BCUT2D eigenvalue weighted by molar-refractivity contribution is 0.218. The Balaban J connectivity index is 1.53. The van der Waals surface area contributed by atoms with Crippen molar-refractivity contribution in [3.8, 4) is 5.75 Å². The maximum Gasteiger partial charge on any atom is 0.228 e. The molecule has 1 fully saturated rings. The van der Waals surface area contributed by atoms with Crippen LogP contribution in [0.3, 0.4) is 0 Å². The monoisotopic (exact) mass is 287 g/mol. The standard InChI is InChI=1S/C16H18FN3O/c1-11-5-3-4-6-14(11)21-10-13-8-20(9-13)16-18-12(2)7-15(17)19-16/h3-7,13H,8-10H2,1-2H3. The Bertz CT molecular complexity index is 621. The van der Waals surface area contributed by atoms with Crippen LogP contribution in [0.15, 0.2) is 30.3 Å². The molecular weight excluding hydrogens is 269 g/mol. The minimum Gasteiger partial charge on any atom is -0.493 e. The molecular formula is C16H18FN3O. The van der Waals surface area contributed by atoms with Crippen molar-refractivity contribution in [1.29, 1.82) is 0 Å². The van der Waals surface area contributed by atoms with E-state index in [0.717, 1.165) is 24.4 Å². The summed E-state index contributed by atoms with van der Waals surface area (Å²) >= 11 is 0. The summed E-state index contributed by atoms with van der Waals surface area (Å²) in [7, 11) is 0. The summed E-state index contributed by atoms with van der Waals surface area (Å²) in [4.78, 5) is 10.1. The topological polar surface area (TPSA) is 38.2 Å². The van der Waals surface area contributed by atoms with Crippen LogP contribution >= 0.6 is 0 Å². The average molecular weight is 287 g/mol. The molecule has 1 saturated heterocycles. The predicted molar refractivity (Wildman–Crippen MR) is 79.1 cm³/mol. The molecule has 0 bridgehead atoms. The van der Waals surface area contributed by atoms with E-state index in [-0.39, 0.29) is 0 Å². The number of rotatable bonds is 4. The molecule has 0 atom stereocenters. The minimum absolute atomic E-state index is 0.428. The first-order valence-electron chi connectivity index (χ1n) is 7.06. The maximum absolute atomic E-state index is 13.3. The molecule has 4 nitrogen and oxygen atoms in total. The van der Waals surface area contributed by atoms with Gasteiger partial charge in [-0.05, 0) is 25.5 Å². The van der Waals surface area contributed by atoms with Gasteiger partial charge in [-0.2, -0.15) is 9.37 Å². The van der Waals surface area contributed by atoms with Gasteiger partial charge < -0.3 is 9.64 Å². The van der Waals surface area contributed by atoms with Gasteiger partial charge in [-0.25, -0.2) is 4.98 Å². The van der Waals surface area contributed by atoms with Crippen LogP contribution in [-0.4, -0.2) is 29.7 Å². The van der Waals surface area contributed by atoms with E-state index in [1.165, 1.54) is 6.07 Å². The third kappa shape index (κ3) is 3.12. The number of benzene rings is 1. The molecule has 1 aliphatic rings. The van der Waals surface area contributed by atoms with Crippen molar-refractivity contribution in [3.63, 3.8) is 0 Å². The van der Waals surface area contributed by atoms with Crippen LogP contribution in [0.25, 0.3) is 0 Å². The summed E-state index contributed by atoms with van der Waals surface area (Å²) in [5, 5.41) is 0. The van der Waals surface area contributed by atoms with Gasteiger partial charge in [-0.1, -0.05) is 18.2 Å². The van der Waals surface area contributed by atoms with Crippen molar-refractivity contribution in [2.45, 2.75) is 13.8 Å². The Kier molecular flexibility index (Phi) is 3.73. The molecule has 1 aliphatic heterocycles. The summed E-state index contributed by atoms with van der Waals surface area (Å²) in [5.41, 5.74) is 1.79. The van der Waals surface area contributed by atoms with Crippen LogP contribution < -0.4 is 9.64 Å². The highest BCUT2D eigenvalue weighted by molar-refractivity contribution is 5.35. The predicted octanol–water partition coefficient (Wildman–Crippen LogP) is 2.75. The second-order valence-electron chi connectivity index (χ2n) is 5.48. The maximum atomic E-state index is 13.3. The molecule has 110 valence electrons. The van der Waals surface area contributed by atoms with Gasteiger partial charge in [0, 0.05) is 30.8 Å². The van der Waals surface area contributed by atoms with E-state index in [9.17, 15) is 4.39 Å². The Morgan fingerprint density at radius 1 is 1.24 bits per heavy atom. The van der Waals surface area contributed by atoms with Crippen LogP contribution in [-0.2, 0) is 0 Å². The molecule has 0 radical (unpaired) electrons. The number of ether oxygens (including phenoxy) is 1. The molecule has 1 aromatic carbocycles. The third-order valence-electron chi connectivity index (χ3n) is 3.62. The van der Waals surface area contributed by atoms with E-state index in [0.29, 0.717) is 24.2 Å². The molecule has 0 amide bonds. The fourth-order valence-corrected chi connectivity index (χ4v) is 2.42. The van der Waals surface area contributed by atoms with E-state index in [2.05, 4.69) is 9.97 Å². The lowest BCUT2D eigenvalue weighted by atomic mass is 10.0. The Labute approximate surface area is 123 Å². The van der Waals surface area contributed by atoms with Crippen LogP contribution in [0, 0.1) is 25.7 Å². The van der Waals surface area contributed by atoms with Gasteiger partial charge in [-0.3, -0.25) is 0 Å². The first-order valence-corrected chi connectivity index (χ1v) is 7.06. The zero-order chi connectivity index (χ0) is 14.8. The normalized spacial score (nSPS) is 14.9. The average Bonchev–Trinajstić information content (AvgIpc) is 2.37. The van der Waals surface area contributed by atoms with Gasteiger partial charge in [0.05, 0.1) is 6.61 Å². The number of hydrogen-bond donors (Lipinski definition) is 0. The summed E-state index contributed by atoms with van der Waals surface area (Å²) in [5.74, 6) is 1.35. The highest BCUT2D eigenvalue weighted by Crippen LogP contribution is 2.24. The van der Waals surface area contributed by atoms with Crippen LogP contribution in [0.4, 0.5) is 10.3 Å². The molecule has 5 heteroatoms. The summed E-state index contributed by atoms with van der Waals surface area (Å²) in [6, 6.07) is 9.31. The first-order chi connectivity index (χ1) is 10.1. The fourth-order valence-electron chi connectivity index (χ4n) is 2.42. The molecule has 0 unspecified atom stereocenters. The highest BCUT2D eigenvalue weighted by atomic mass is 19.1. The molecule has 0 spiro atoms. The summed E-state index contributed by atoms with van der Waals surface area (Å²) < 4.78 is 19.1. The van der Waals surface area contributed by atoms with Gasteiger partial charge in [0.1, 0.15) is 5.75 Å².